The van der Waals surface area contributed by atoms with Crippen LogP contribution in [0.1, 0.15) is 57.8 Å². The molecule has 0 aromatic carbocycles. The topological polar surface area (TPSA) is 37.4 Å². The zero-order valence-corrected chi connectivity index (χ0v) is 11.1. The smallest absolute Gasteiger partial charge is 0.225 e. The van der Waals surface area contributed by atoms with E-state index in [0.717, 1.165) is 51.5 Å². The van der Waals surface area contributed by atoms with Crippen molar-refractivity contribution in [3.63, 3.8) is 0 Å². The van der Waals surface area contributed by atoms with Crippen molar-refractivity contribution in [2.75, 3.05) is 6.54 Å². The van der Waals surface area contributed by atoms with Gasteiger partial charge >= 0.3 is 0 Å². The lowest BCUT2D eigenvalue weighted by molar-refractivity contribution is -0.144. The Bertz CT molecular complexity index is 348. The summed E-state index contributed by atoms with van der Waals surface area (Å²) < 4.78 is 0. The van der Waals surface area contributed by atoms with Crippen LogP contribution in [-0.2, 0) is 9.59 Å². The average molecular weight is 249 g/mol. The van der Waals surface area contributed by atoms with Crippen molar-refractivity contribution < 1.29 is 9.59 Å². The molecule has 1 saturated heterocycles. The zero-order valence-electron chi connectivity index (χ0n) is 11.1. The van der Waals surface area contributed by atoms with Gasteiger partial charge in [-0.25, -0.2) is 0 Å². The van der Waals surface area contributed by atoms with Crippen LogP contribution in [0, 0.1) is 11.8 Å². The normalized spacial score (nSPS) is 33.6. The van der Waals surface area contributed by atoms with Crippen LogP contribution in [-0.4, -0.2) is 29.2 Å². The maximum atomic E-state index is 12.5. The number of carbonyl (C=O) groups is 2. The lowest BCUT2D eigenvalue weighted by atomic mass is 9.81. The Morgan fingerprint density at radius 2 is 1.83 bits per heavy atom. The maximum Gasteiger partial charge on any atom is 0.225 e. The summed E-state index contributed by atoms with van der Waals surface area (Å²) in [5.74, 6) is 1.20. The Balaban J connectivity index is 1.72. The predicted octanol–water partition coefficient (Wildman–Crippen LogP) is 2.54. The number of likely N-dealkylation sites (tertiary alicyclic amines) is 1. The maximum absolute atomic E-state index is 12.5. The number of hydrogen-bond acceptors (Lipinski definition) is 2. The fourth-order valence-corrected chi connectivity index (χ4v) is 3.79. The second kappa shape index (κ2) is 5.02. The van der Waals surface area contributed by atoms with E-state index in [0.29, 0.717) is 11.7 Å². The largest absolute Gasteiger partial charge is 0.339 e. The first kappa shape index (κ1) is 12.2. The van der Waals surface area contributed by atoms with Crippen molar-refractivity contribution in [1.82, 2.24) is 4.90 Å². The van der Waals surface area contributed by atoms with Gasteiger partial charge in [0, 0.05) is 30.8 Å². The minimum absolute atomic E-state index is 0.161. The number of amides is 1. The molecule has 1 amide bonds. The Labute approximate surface area is 109 Å². The van der Waals surface area contributed by atoms with Crippen molar-refractivity contribution in [2.24, 2.45) is 11.8 Å². The van der Waals surface area contributed by atoms with E-state index in [4.69, 9.17) is 0 Å². The van der Waals surface area contributed by atoms with E-state index in [1.54, 1.807) is 0 Å². The molecule has 3 rings (SSSR count). The first-order chi connectivity index (χ1) is 8.77. The van der Waals surface area contributed by atoms with Crippen LogP contribution in [0.5, 0.6) is 0 Å². The molecule has 0 N–H and O–H groups in total. The molecule has 100 valence electrons. The highest BCUT2D eigenvalue weighted by Crippen LogP contribution is 2.36. The molecule has 3 aliphatic rings. The third-order valence-electron chi connectivity index (χ3n) is 5.10. The SMILES string of the molecule is O=C1CCCC1C1CCCCN1C(=O)C1CCC1. The molecular weight excluding hydrogens is 226 g/mol. The van der Waals surface area contributed by atoms with Crippen molar-refractivity contribution in [3.8, 4) is 0 Å². The van der Waals surface area contributed by atoms with Crippen molar-refractivity contribution in [3.05, 3.63) is 0 Å². The van der Waals surface area contributed by atoms with Crippen molar-refractivity contribution in [2.45, 2.75) is 63.8 Å². The Kier molecular flexibility index (Phi) is 3.40. The summed E-state index contributed by atoms with van der Waals surface area (Å²) in [5.41, 5.74) is 0. The summed E-state index contributed by atoms with van der Waals surface area (Å²) in [6, 6.07) is 0.238. The first-order valence-corrected chi connectivity index (χ1v) is 7.60. The molecule has 0 aromatic rings. The predicted molar refractivity (Wildman–Crippen MR) is 69.0 cm³/mol. The van der Waals surface area contributed by atoms with Gasteiger partial charge in [0.2, 0.25) is 5.91 Å². The Morgan fingerprint density at radius 1 is 1.00 bits per heavy atom. The minimum atomic E-state index is 0.161. The highest BCUT2D eigenvalue weighted by atomic mass is 16.2. The molecule has 2 unspecified atom stereocenters. The molecule has 0 bridgehead atoms. The summed E-state index contributed by atoms with van der Waals surface area (Å²) in [7, 11) is 0. The second-order valence-corrected chi connectivity index (χ2v) is 6.19. The molecule has 2 saturated carbocycles. The van der Waals surface area contributed by atoms with Crippen LogP contribution in [0.25, 0.3) is 0 Å². The quantitative estimate of drug-likeness (QED) is 0.754. The van der Waals surface area contributed by atoms with Gasteiger partial charge in [-0.05, 0) is 44.9 Å². The monoisotopic (exact) mass is 249 g/mol. The van der Waals surface area contributed by atoms with Gasteiger partial charge in [0.15, 0.2) is 0 Å². The van der Waals surface area contributed by atoms with E-state index in [-0.39, 0.29) is 17.9 Å². The minimum Gasteiger partial charge on any atom is -0.339 e. The highest BCUT2D eigenvalue weighted by molar-refractivity contribution is 5.85. The van der Waals surface area contributed by atoms with E-state index < -0.39 is 0 Å². The molecule has 1 aliphatic heterocycles. The average Bonchev–Trinajstić information content (AvgIpc) is 2.73. The van der Waals surface area contributed by atoms with Crippen LogP contribution < -0.4 is 0 Å². The lowest BCUT2D eigenvalue weighted by Gasteiger charge is -2.42. The molecule has 2 aliphatic carbocycles. The van der Waals surface area contributed by atoms with Gasteiger partial charge in [0.05, 0.1) is 0 Å². The molecule has 2 atom stereocenters. The third-order valence-corrected chi connectivity index (χ3v) is 5.10. The number of nitrogens with zero attached hydrogens (tertiary/aromatic N) is 1. The van der Waals surface area contributed by atoms with E-state index in [2.05, 4.69) is 4.90 Å². The third kappa shape index (κ3) is 2.08. The van der Waals surface area contributed by atoms with Gasteiger partial charge in [-0.15, -0.1) is 0 Å². The number of rotatable bonds is 2. The molecule has 3 nitrogen and oxygen atoms in total. The van der Waals surface area contributed by atoms with Crippen molar-refractivity contribution >= 4 is 11.7 Å². The van der Waals surface area contributed by atoms with E-state index in [1.165, 1.54) is 12.8 Å². The summed E-state index contributed by atoms with van der Waals surface area (Å²) in [5, 5.41) is 0. The molecule has 3 heteroatoms. The molecular formula is C15H23NO2. The van der Waals surface area contributed by atoms with Gasteiger partial charge < -0.3 is 4.90 Å². The Hall–Kier alpha value is -0.860. The molecule has 18 heavy (non-hydrogen) atoms. The summed E-state index contributed by atoms with van der Waals surface area (Å²) >= 11 is 0. The zero-order chi connectivity index (χ0) is 12.5. The standard InChI is InChI=1S/C15H23NO2/c17-14-9-4-7-12(14)13-8-1-2-10-16(13)15(18)11-5-3-6-11/h11-13H,1-10H2. The number of carbonyl (C=O) groups excluding carboxylic acids is 2. The fourth-order valence-electron chi connectivity index (χ4n) is 3.79. The van der Waals surface area contributed by atoms with Gasteiger partial charge in [0.1, 0.15) is 5.78 Å². The Morgan fingerprint density at radius 3 is 2.44 bits per heavy atom. The van der Waals surface area contributed by atoms with Crippen molar-refractivity contribution in [1.29, 1.82) is 0 Å². The van der Waals surface area contributed by atoms with Gasteiger partial charge in [-0.2, -0.15) is 0 Å². The van der Waals surface area contributed by atoms with Gasteiger partial charge in [-0.1, -0.05) is 6.42 Å². The molecule has 0 spiro atoms. The van der Waals surface area contributed by atoms with E-state index in [9.17, 15) is 9.59 Å². The van der Waals surface area contributed by atoms with Gasteiger partial charge in [0.25, 0.3) is 0 Å². The van der Waals surface area contributed by atoms with Crippen LogP contribution >= 0.6 is 0 Å². The van der Waals surface area contributed by atoms with E-state index >= 15 is 0 Å². The number of piperidine rings is 1. The summed E-state index contributed by atoms with van der Waals surface area (Å²) in [6.07, 6.45) is 9.49. The summed E-state index contributed by atoms with van der Waals surface area (Å²) in [6.45, 7) is 0.893. The second-order valence-electron chi connectivity index (χ2n) is 6.19. The molecule has 0 aromatic heterocycles. The first-order valence-electron chi connectivity index (χ1n) is 7.60. The molecule has 3 fully saturated rings. The number of Topliss-reactive ketones (excluding diaryl/α,β-unsaturated/α-hetero) is 1. The fraction of sp³-hybridized carbons (Fsp3) is 0.867. The van der Waals surface area contributed by atoms with Crippen LogP contribution in [0.2, 0.25) is 0 Å². The van der Waals surface area contributed by atoms with Gasteiger partial charge in [-0.3, -0.25) is 9.59 Å². The lowest BCUT2D eigenvalue weighted by Crippen LogP contribution is -2.51. The highest BCUT2D eigenvalue weighted by Gasteiger charge is 2.41. The van der Waals surface area contributed by atoms with Crippen LogP contribution in [0.3, 0.4) is 0 Å². The molecule has 1 heterocycles. The van der Waals surface area contributed by atoms with E-state index in [1.807, 2.05) is 0 Å². The molecule has 0 radical (unpaired) electrons. The van der Waals surface area contributed by atoms with Crippen LogP contribution in [0.4, 0.5) is 0 Å². The number of ketones is 1. The summed E-state index contributed by atoms with van der Waals surface area (Å²) in [4.78, 5) is 26.5. The number of hydrogen-bond donors (Lipinski definition) is 0. The van der Waals surface area contributed by atoms with Crippen LogP contribution in [0.15, 0.2) is 0 Å².